The quantitative estimate of drug-likeness (QED) is 0.229. The Bertz CT molecular complexity index is 1510. The molecule has 0 fully saturated rings. The summed E-state index contributed by atoms with van der Waals surface area (Å²) >= 11 is 0. The Hall–Kier alpha value is -3.76. The van der Waals surface area contributed by atoms with Crippen LogP contribution >= 0.6 is 0 Å². The van der Waals surface area contributed by atoms with Crippen LogP contribution in [0, 0.1) is 11.6 Å². The molecule has 0 heterocycles. The van der Waals surface area contributed by atoms with Gasteiger partial charge in [0, 0.05) is 0 Å². The van der Waals surface area contributed by atoms with Crippen molar-refractivity contribution < 1.29 is 34.0 Å². The first-order valence-corrected chi connectivity index (χ1v) is 14.5. The predicted octanol–water partition coefficient (Wildman–Crippen LogP) is 5.02. The van der Waals surface area contributed by atoms with E-state index in [9.17, 15) is 16.8 Å². The minimum atomic E-state index is -3.98. The van der Waals surface area contributed by atoms with Gasteiger partial charge < -0.3 is 8.37 Å². The Kier molecular flexibility index (Phi) is 7.07. The second-order valence-corrected chi connectivity index (χ2v) is 11.5. The molecule has 0 saturated heterocycles. The maximum absolute atomic E-state index is 15.2. The molecule has 10 heteroatoms. The zero-order chi connectivity index (χ0) is 26.8. The summed E-state index contributed by atoms with van der Waals surface area (Å²) in [6.45, 7) is 0. The van der Waals surface area contributed by atoms with E-state index in [4.69, 9.17) is 8.37 Å². The molecule has 4 rings (SSSR count). The number of hydrogen-bond donors (Lipinski definition) is 0. The van der Waals surface area contributed by atoms with Crippen LogP contribution in [-0.4, -0.2) is 29.3 Å². The molecule has 4 aromatic carbocycles. The third-order valence-electron chi connectivity index (χ3n) is 5.63. The molecule has 37 heavy (non-hydrogen) atoms. The average Bonchev–Trinajstić information content (AvgIpc) is 2.83. The summed E-state index contributed by atoms with van der Waals surface area (Å²) in [6.07, 6.45) is 1.61. The van der Waals surface area contributed by atoms with Crippen LogP contribution in [0.15, 0.2) is 97.1 Å². The molecule has 0 unspecified atom stereocenters. The smallest absolute Gasteiger partial charge is 0.306 e. The Morgan fingerprint density at radius 3 is 1.19 bits per heavy atom. The SMILES string of the molecule is CS(=O)(=O)Oc1ccc(C(c2ccccc2)(c2ccccc2)c2ccc(OS(C)(=O)=O)c(F)c2)cc1F. The lowest BCUT2D eigenvalue weighted by Gasteiger charge is -2.37. The topological polar surface area (TPSA) is 86.7 Å². The van der Waals surface area contributed by atoms with Crippen LogP contribution in [0.25, 0.3) is 0 Å². The third-order valence-corrected chi connectivity index (χ3v) is 6.59. The zero-order valence-electron chi connectivity index (χ0n) is 19.8. The summed E-state index contributed by atoms with van der Waals surface area (Å²) in [7, 11) is -7.96. The molecule has 0 saturated carbocycles. The normalized spacial score (nSPS) is 12.2. The van der Waals surface area contributed by atoms with Crippen molar-refractivity contribution in [3.8, 4) is 11.5 Å². The number of rotatable bonds is 8. The van der Waals surface area contributed by atoms with Gasteiger partial charge >= 0.3 is 20.2 Å². The highest BCUT2D eigenvalue weighted by molar-refractivity contribution is 7.86. The molecule has 6 nitrogen and oxygen atoms in total. The summed E-state index contributed by atoms with van der Waals surface area (Å²) in [4.78, 5) is 0. The van der Waals surface area contributed by atoms with E-state index in [1.54, 1.807) is 60.7 Å². The summed E-state index contributed by atoms with van der Waals surface area (Å²) in [6, 6.07) is 25.6. The van der Waals surface area contributed by atoms with Gasteiger partial charge in [0.25, 0.3) is 0 Å². The predicted molar refractivity (Wildman–Crippen MR) is 136 cm³/mol. The van der Waals surface area contributed by atoms with E-state index in [2.05, 4.69) is 0 Å². The minimum Gasteiger partial charge on any atom is -0.379 e. The first-order chi connectivity index (χ1) is 17.4. The van der Waals surface area contributed by atoms with Gasteiger partial charge in [-0.25, -0.2) is 8.78 Å². The van der Waals surface area contributed by atoms with Crippen LogP contribution in [0.3, 0.4) is 0 Å². The van der Waals surface area contributed by atoms with Crippen molar-refractivity contribution in [2.45, 2.75) is 5.41 Å². The van der Waals surface area contributed by atoms with E-state index >= 15 is 8.78 Å². The molecule has 0 spiro atoms. The van der Waals surface area contributed by atoms with Crippen molar-refractivity contribution in [2.24, 2.45) is 0 Å². The lowest BCUT2D eigenvalue weighted by atomic mass is 9.65. The van der Waals surface area contributed by atoms with Gasteiger partial charge in [0.15, 0.2) is 23.1 Å². The lowest BCUT2D eigenvalue weighted by molar-refractivity contribution is 0.465. The molecule has 4 aromatic rings. The molecule has 0 aromatic heterocycles. The Labute approximate surface area is 214 Å². The van der Waals surface area contributed by atoms with Crippen molar-refractivity contribution in [2.75, 3.05) is 12.5 Å². The Morgan fingerprint density at radius 1 is 0.541 bits per heavy atom. The van der Waals surface area contributed by atoms with Gasteiger partial charge in [-0.1, -0.05) is 72.8 Å². The number of benzene rings is 4. The summed E-state index contributed by atoms with van der Waals surface area (Å²) in [5, 5.41) is 0. The highest BCUT2D eigenvalue weighted by Crippen LogP contribution is 2.46. The van der Waals surface area contributed by atoms with Crippen molar-refractivity contribution >= 4 is 20.2 Å². The molecule has 0 radical (unpaired) electrons. The second-order valence-electron chi connectivity index (χ2n) is 8.35. The molecule has 0 aliphatic carbocycles. The zero-order valence-corrected chi connectivity index (χ0v) is 21.4. The van der Waals surface area contributed by atoms with Crippen molar-refractivity contribution in [1.29, 1.82) is 0 Å². The fourth-order valence-corrected chi connectivity index (χ4v) is 5.23. The molecule has 0 N–H and O–H groups in total. The van der Waals surface area contributed by atoms with Crippen LogP contribution in [0.4, 0.5) is 8.78 Å². The van der Waals surface area contributed by atoms with Crippen LogP contribution in [-0.2, 0) is 25.7 Å². The first kappa shape index (κ1) is 26.3. The molecule has 0 amide bonds. The van der Waals surface area contributed by atoms with E-state index < -0.39 is 48.8 Å². The van der Waals surface area contributed by atoms with Gasteiger partial charge in [-0.2, -0.15) is 16.8 Å². The second kappa shape index (κ2) is 9.95. The lowest BCUT2D eigenvalue weighted by Crippen LogP contribution is -2.31. The molecule has 0 aliphatic rings. The van der Waals surface area contributed by atoms with E-state index in [1.807, 2.05) is 0 Å². The fraction of sp³-hybridized carbons (Fsp3) is 0.111. The fourth-order valence-electron chi connectivity index (χ4n) is 4.31. The van der Waals surface area contributed by atoms with Crippen molar-refractivity contribution in [3.05, 3.63) is 131 Å². The summed E-state index contributed by atoms with van der Waals surface area (Å²) in [5.41, 5.74) is 0.693. The van der Waals surface area contributed by atoms with Crippen LogP contribution in [0.2, 0.25) is 0 Å². The van der Waals surface area contributed by atoms with Crippen molar-refractivity contribution in [1.82, 2.24) is 0 Å². The maximum atomic E-state index is 15.2. The third kappa shape index (κ3) is 5.65. The van der Waals surface area contributed by atoms with Gasteiger partial charge in [0.1, 0.15) is 0 Å². The minimum absolute atomic E-state index is 0.347. The first-order valence-electron chi connectivity index (χ1n) is 10.9. The highest BCUT2D eigenvalue weighted by Gasteiger charge is 2.39. The van der Waals surface area contributed by atoms with E-state index in [-0.39, 0.29) is 0 Å². The number of halogens is 2. The molecule has 0 atom stereocenters. The average molecular weight is 545 g/mol. The van der Waals surface area contributed by atoms with Gasteiger partial charge in [-0.3, -0.25) is 0 Å². The van der Waals surface area contributed by atoms with Crippen LogP contribution in [0.1, 0.15) is 22.3 Å². The molecular formula is C27H22F2O6S2. The molecule has 0 bridgehead atoms. The van der Waals surface area contributed by atoms with Gasteiger partial charge in [0.2, 0.25) is 0 Å². The van der Waals surface area contributed by atoms with E-state index in [1.165, 1.54) is 24.3 Å². The van der Waals surface area contributed by atoms with Crippen molar-refractivity contribution in [3.63, 3.8) is 0 Å². The largest absolute Gasteiger partial charge is 0.379 e. The van der Waals surface area contributed by atoms with Gasteiger partial charge in [-0.05, 0) is 46.5 Å². The van der Waals surface area contributed by atoms with Gasteiger partial charge in [0.05, 0.1) is 17.9 Å². The monoisotopic (exact) mass is 544 g/mol. The van der Waals surface area contributed by atoms with Gasteiger partial charge in [-0.15, -0.1) is 0 Å². The highest BCUT2D eigenvalue weighted by atomic mass is 32.2. The summed E-state index contributed by atoms with van der Waals surface area (Å²) in [5.74, 6) is -2.83. The standard InChI is InChI=1S/C27H22F2O6S2/c1-36(30,31)34-25-15-13-21(17-23(25)28)27(19-9-5-3-6-10-19,20-11-7-4-8-12-20)22-14-16-26(24(29)18-22)35-37(2,32)33/h3-18H,1-2H3. The maximum Gasteiger partial charge on any atom is 0.306 e. The Morgan fingerprint density at radius 2 is 0.892 bits per heavy atom. The van der Waals surface area contributed by atoms with Crippen LogP contribution < -0.4 is 8.37 Å². The molecule has 192 valence electrons. The Balaban J connectivity index is 2.05. The van der Waals surface area contributed by atoms with E-state index in [0.29, 0.717) is 22.3 Å². The molecular weight excluding hydrogens is 522 g/mol. The molecule has 0 aliphatic heterocycles. The van der Waals surface area contributed by atoms with E-state index in [0.717, 1.165) is 24.6 Å². The van der Waals surface area contributed by atoms with Crippen LogP contribution in [0.5, 0.6) is 11.5 Å². The summed E-state index contributed by atoms with van der Waals surface area (Å²) < 4.78 is 86.3. The number of hydrogen-bond acceptors (Lipinski definition) is 6.